The first-order valence-electron chi connectivity index (χ1n) is 4.93. The molecule has 0 saturated heterocycles. The van der Waals surface area contributed by atoms with Gasteiger partial charge in [-0.2, -0.15) is 5.26 Å². The Bertz CT molecular complexity index is 354. The van der Waals surface area contributed by atoms with Gasteiger partial charge >= 0.3 is 0 Å². The Morgan fingerprint density at radius 3 is 2.67 bits per heavy atom. The normalized spacial score (nSPS) is 11.5. The van der Waals surface area contributed by atoms with Gasteiger partial charge in [0.1, 0.15) is 6.04 Å². The molecule has 0 saturated carbocycles. The Balaban J connectivity index is 2.42. The van der Waals surface area contributed by atoms with Gasteiger partial charge in [-0.25, -0.2) is 0 Å². The molecule has 0 aromatic heterocycles. The topological polar surface area (TPSA) is 52.9 Å². The molecule has 0 radical (unpaired) electrons. The molecule has 0 bridgehead atoms. The van der Waals surface area contributed by atoms with E-state index in [1.807, 2.05) is 30.3 Å². The van der Waals surface area contributed by atoms with Crippen molar-refractivity contribution in [2.24, 2.45) is 0 Å². The number of nitrogens with zero attached hydrogens (tertiary/aromatic N) is 1. The number of hydrogen-bond donors (Lipinski definition) is 1. The third kappa shape index (κ3) is 4.28. The first-order chi connectivity index (χ1) is 7.22. The number of hydrogen-bond acceptors (Lipinski definition) is 2. The zero-order chi connectivity index (χ0) is 11.1. The van der Waals surface area contributed by atoms with Crippen LogP contribution in [0.15, 0.2) is 30.3 Å². The van der Waals surface area contributed by atoms with Crippen LogP contribution in [-0.4, -0.2) is 11.9 Å². The SMILES string of the molecule is CC(=O)NC(C#N)CCc1ccccc1. The minimum atomic E-state index is -0.386. The molecule has 0 aliphatic rings. The molecule has 0 aliphatic carbocycles. The Kier molecular flexibility index (Phi) is 4.36. The average Bonchev–Trinajstić information content (AvgIpc) is 2.25. The van der Waals surface area contributed by atoms with Crippen LogP contribution in [0.1, 0.15) is 18.9 Å². The molecular weight excluding hydrogens is 188 g/mol. The van der Waals surface area contributed by atoms with Gasteiger partial charge in [0.05, 0.1) is 6.07 Å². The molecular formula is C12H14N2O. The molecule has 0 spiro atoms. The van der Waals surface area contributed by atoms with E-state index in [9.17, 15) is 4.79 Å². The highest BCUT2D eigenvalue weighted by Crippen LogP contribution is 2.04. The van der Waals surface area contributed by atoms with Gasteiger partial charge in [-0.05, 0) is 18.4 Å². The van der Waals surface area contributed by atoms with Gasteiger partial charge in [-0.15, -0.1) is 0 Å². The predicted molar refractivity (Wildman–Crippen MR) is 58.0 cm³/mol. The number of nitrogens with one attached hydrogen (secondary N) is 1. The standard InChI is InChI=1S/C12H14N2O/c1-10(15)14-12(9-13)8-7-11-5-3-2-4-6-11/h2-6,12H,7-8H2,1H3,(H,14,15). The van der Waals surface area contributed by atoms with Crippen LogP contribution in [0.5, 0.6) is 0 Å². The number of carbonyl (C=O) groups is 1. The molecule has 3 heteroatoms. The summed E-state index contributed by atoms with van der Waals surface area (Å²) in [6.07, 6.45) is 1.46. The van der Waals surface area contributed by atoms with E-state index >= 15 is 0 Å². The molecule has 1 atom stereocenters. The monoisotopic (exact) mass is 202 g/mol. The van der Waals surface area contributed by atoms with Crippen LogP contribution in [0.25, 0.3) is 0 Å². The summed E-state index contributed by atoms with van der Waals surface area (Å²) in [7, 11) is 0. The minimum Gasteiger partial charge on any atom is -0.341 e. The fourth-order valence-corrected chi connectivity index (χ4v) is 1.37. The van der Waals surface area contributed by atoms with E-state index in [4.69, 9.17) is 5.26 Å². The lowest BCUT2D eigenvalue weighted by Crippen LogP contribution is -2.32. The van der Waals surface area contributed by atoms with E-state index in [-0.39, 0.29) is 11.9 Å². The Morgan fingerprint density at radius 2 is 2.13 bits per heavy atom. The van der Waals surface area contributed by atoms with Gasteiger partial charge in [-0.1, -0.05) is 30.3 Å². The number of benzene rings is 1. The summed E-state index contributed by atoms with van der Waals surface area (Å²) in [5.41, 5.74) is 1.18. The summed E-state index contributed by atoms with van der Waals surface area (Å²) in [4.78, 5) is 10.8. The fourth-order valence-electron chi connectivity index (χ4n) is 1.37. The van der Waals surface area contributed by atoms with Crippen molar-refractivity contribution in [2.75, 3.05) is 0 Å². The summed E-state index contributed by atoms with van der Waals surface area (Å²) in [6, 6.07) is 11.6. The van der Waals surface area contributed by atoms with Crippen LogP contribution < -0.4 is 5.32 Å². The van der Waals surface area contributed by atoms with E-state index in [1.54, 1.807) is 0 Å². The molecule has 1 rings (SSSR count). The van der Waals surface area contributed by atoms with Crippen LogP contribution in [-0.2, 0) is 11.2 Å². The van der Waals surface area contributed by atoms with E-state index in [0.717, 1.165) is 6.42 Å². The maximum atomic E-state index is 10.8. The van der Waals surface area contributed by atoms with Crippen molar-refractivity contribution in [1.82, 2.24) is 5.32 Å². The molecule has 1 unspecified atom stereocenters. The van der Waals surface area contributed by atoms with Gasteiger partial charge in [0.25, 0.3) is 0 Å². The summed E-state index contributed by atoms with van der Waals surface area (Å²) in [5, 5.41) is 11.4. The highest BCUT2D eigenvalue weighted by atomic mass is 16.1. The zero-order valence-corrected chi connectivity index (χ0v) is 8.73. The van der Waals surface area contributed by atoms with Gasteiger partial charge in [-0.3, -0.25) is 4.79 Å². The Hall–Kier alpha value is -1.82. The van der Waals surface area contributed by atoms with E-state index in [1.165, 1.54) is 12.5 Å². The lowest BCUT2D eigenvalue weighted by molar-refractivity contribution is -0.119. The van der Waals surface area contributed by atoms with Gasteiger partial charge in [0, 0.05) is 6.92 Å². The summed E-state index contributed by atoms with van der Waals surface area (Å²) < 4.78 is 0. The molecule has 0 fully saturated rings. The number of rotatable bonds is 4. The minimum absolute atomic E-state index is 0.158. The van der Waals surface area contributed by atoms with Crippen LogP contribution in [0, 0.1) is 11.3 Å². The highest BCUT2D eigenvalue weighted by Gasteiger charge is 2.07. The molecule has 1 aromatic rings. The van der Waals surface area contributed by atoms with Crippen molar-refractivity contribution in [3.63, 3.8) is 0 Å². The second-order valence-corrected chi connectivity index (χ2v) is 3.41. The number of carbonyl (C=O) groups excluding carboxylic acids is 1. The largest absolute Gasteiger partial charge is 0.341 e. The lowest BCUT2D eigenvalue weighted by atomic mass is 10.1. The maximum absolute atomic E-state index is 10.8. The summed E-state index contributed by atoms with van der Waals surface area (Å²) in [6.45, 7) is 1.42. The second kappa shape index (κ2) is 5.82. The number of amides is 1. The third-order valence-electron chi connectivity index (χ3n) is 2.10. The highest BCUT2D eigenvalue weighted by molar-refractivity contribution is 5.73. The van der Waals surface area contributed by atoms with Gasteiger partial charge in [0.2, 0.25) is 5.91 Å². The number of aryl methyl sites for hydroxylation is 1. The molecule has 1 N–H and O–H groups in total. The van der Waals surface area contributed by atoms with Crippen LogP contribution in [0.4, 0.5) is 0 Å². The van der Waals surface area contributed by atoms with Crippen LogP contribution >= 0.6 is 0 Å². The quantitative estimate of drug-likeness (QED) is 0.807. The first kappa shape index (κ1) is 11.3. The van der Waals surface area contributed by atoms with E-state index < -0.39 is 0 Å². The van der Waals surface area contributed by atoms with Crippen LogP contribution in [0.3, 0.4) is 0 Å². The van der Waals surface area contributed by atoms with E-state index in [2.05, 4.69) is 11.4 Å². The Morgan fingerprint density at radius 1 is 1.47 bits per heavy atom. The van der Waals surface area contributed by atoms with E-state index in [0.29, 0.717) is 6.42 Å². The van der Waals surface area contributed by atoms with Gasteiger partial charge < -0.3 is 5.32 Å². The molecule has 0 aliphatic heterocycles. The molecule has 1 amide bonds. The smallest absolute Gasteiger partial charge is 0.217 e. The summed E-state index contributed by atoms with van der Waals surface area (Å²) in [5.74, 6) is -0.158. The fraction of sp³-hybridized carbons (Fsp3) is 0.333. The van der Waals surface area contributed by atoms with Gasteiger partial charge in [0.15, 0.2) is 0 Å². The molecule has 78 valence electrons. The molecule has 15 heavy (non-hydrogen) atoms. The number of nitriles is 1. The molecule has 1 aromatic carbocycles. The van der Waals surface area contributed by atoms with Crippen LogP contribution in [0.2, 0.25) is 0 Å². The maximum Gasteiger partial charge on any atom is 0.217 e. The average molecular weight is 202 g/mol. The summed E-state index contributed by atoms with van der Waals surface area (Å²) >= 11 is 0. The Labute approximate surface area is 89.7 Å². The van der Waals surface area contributed by atoms with Crippen molar-refractivity contribution in [3.05, 3.63) is 35.9 Å². The molecule has 0 heterocycles. The predicted octanol–water partition coefficient (Wildman–Crippen LogP) is 1.65. The second-order valence-electron chi connectivity index (χ2n) is 3.41. The van der Waals surface area contributed by atoms with Crippen molar-refractivity contribution in [3.8, 4) is 6.07 Å². The first-order valence-corrected chi connectivity index (χ1v) is 4.93. The van der Waals surface area contributed by atoms with Crippen molar-refractivity contribution >= 4 is 5.91 Å². The zero-order valence-electron chi connectivity index (χ0n) is 8.73. The third-order valence-corrected chi connectivity index (χ3v) is 2.10. The lowest BCUT2D eigenvalue weighted by Gasteiger charge is -2.09. The van der Waals surface area contributed by atoms with Crippen molar-refractivity contribution in [2.45, 2.75) is 25.8 Å². The van der Waals surface area contributed by atoms with Crippen molar-refractivity contribution < 1.29 is 4.79 Å². The molecule has 3 nitrogen and oxygen atoms in total. The van der Waals surface area contributed by atoms with Crippen molar-refractivity contribution in [1.29, 1.82) is 5.26 Å².